The molecule has 3 amide bonds. The van der Waals surface area contributed by atoms with Crippen LogP contribution in [-0.4, -0.2) is 34.5 Å². The van der Waals surface area contributed by atoms with Crippen molar-refractivity contribution >= 4 is 29.7 Å². The van der Waals surface area contributed by atoms with E-state index in [1.54, 1.807) is 30.6 Å². The third-order valence-corrected chi connectivity index (χ3v) is 6.18. The Morgan fingerprint density at radius 2 is 1.61 bits per heavy atom. The van der Waals surface area contributed by atoms with Gasteiger partial charge in [0.2, 0.25) is 11.8 Å². The zero-order valence-corrected chi connectivity index (χ0v) is 15.2. The Morgan fingerprint density at radius 3 is 2.32 bits per heavy atom. The van der Waals surface area contributed by atoms with Crippen molar-refractivity contribution in [3.05, 3.63) is 66.2 Å². The maximum absolute atomic E-state index is 13.4. The molecule has 2 unspecified atom stereocenters. The van der Waals surface area contributed by atoms with Crippen molar-refractivity contribution < 1.29 is 14.4 Å². The lowest BCUT2D eigenvalue weighted by atomic mass is 9.82. The Morgan fingerprint density at radius 1 is 0.929 bits per heavy atom. The molecule has 0 aromatic heterocycles. The van der Waals surface area contributed by atoms with Crippen molar-refractivity contribution in [2.75, 3.05) is 4.90 Å². The number of carbonyl (C=O) groups excluding carboxylic acids is 3. The summed E-state index contributed by atoms with van der Waals surface area (Å²) in [6.45, 7) is 0.478. The molecular weight excluding hydrogens is 354 g/mol. The van der Waals surface area contributed by atoms with Gasteiger partial charge in [-0.2, -0.15) is 0 Å². The van der Waals surface area contributed by atoms with Gasteiger partial charge >= 0.3 is 0 Å². The molecule has 1 spiro atoms. The van der Waals surface area contributed by atoms with Crippen LogP contribution in [0.4, 0.5) is 5.69 Å². The van der Waals surface area contributed by atoms with Gasteiger partial charge in [0.15, 0.2) is 0 Å². The summed E-state index contributed by atoms with van der Waals surface area (Å²) in [4.78, 5) is 46.5. The van der Waals surface area contributed by atoms with Crippen molar-refractivity contribution in [1.29, 1.82) is 0 Å². The van der Waals surface area contributed by atoms with Crippen LogP contribution in [0.1, 0.15) is 18.4 Å². The molecule has 3 atom stereocenters. The molecule has 28 heavy (non-hydrogen) atoms. The van der Waals surface area contributed by atoms with Crippen LogP contribution >= 0.6 is 0 Å². The van der Waals surface area contributed by atoms with Crippen LogP contribution in [-0.2, 0) is 20.9 Å². The van der Waals surface area contributed by atoms with Gasteiger partial charge in [0.1, 0.15) is 5.54 Å². The highest BCUT2D eigenvalue weighted by Gasteiger charge is 2.68. The van der Waals surface area contributed by atoms with Crippen LogP contribution < -0.4 is 4.90 Å². The molecule has 0 bridgehead atoms. The first kappa shape index (κ1) is 16.9. The van der Waals surface area contributed by atoms with Crippen molar-refractivity contribution in [2.24, 2.45) is 16.8 Å². The number of hydrogen-bond acceptors (Lipinski definition) is 4. The number of para-hydroxylation sites is 1. The number of imide groups is 1. The van der Waals surface area contributed by atoms with Crippen LogP contribution in [0, 0.1) is 11.8 Å². The zero-order valence-electron chi connectivity index (χ0n) is 15.2. The minimum absolute atomic E-state index is 0.211. The molecule has 2 fully saturated rings. The van der Waals surface area contributed by atoms with E-state index in [1.807, 2.05) is 41.3 Å². The summed E-state index contributed by atoms with van der Waals surface area (Å²) < 4.78 is 0. The fourth-order valence-electron chi connectivity index (χ4n) is 4.90. The largest absolute Gasteiger partial charge is 0.343 e. The molecule has 2 heterocycles. The molecule has 2 aliphatic heterocycles. The maximum Gasteiger partial charge on any atom is 0.273 e. The van der Waals surface area contributed by atoms with E-state index < -0.39 is 17.4 Å². The number of rotatable bonds is 3. The lowest BCUT2D eigenvalue weighted by molar-refractivity contribution is -0.135. The number of carbonyl (C=O) groups is 3. The highest BCUT2D eigenvalue weighted by atomic mass is 16.2. The van der Waals surface area contributed by atoms with Crippen molar-refractivity contribution in [1.82, 2.24) is 4.90 Å². The number of aliphatic imine (C=N–C) groups is 1. The van der Waals surface area contributed by atoms with Gasteiger partial charge in [-0.1, -0.05) is 48.5 Å². The standard InChI is InChI=1S/C22H19N3O3/c26-19-17-11-12-22(18(17)20(27)25(19)16-9-5-2-6-10-16)21(28)23-14-24(22)13-15-7-3-1-4-8-15/h1-10,14,17-18H,11-13H2/t17?,18?,22-/m0/s1. The van der Waals surface area contributed by atoms with Crippen LogP contribution in [0.25, 0.3) is 0 Å². The number of fused-ring (bicyclic) bond motifs is 2. The normalized spacial score (nSPS) is 28.6. The molecule has 2 aromatic rings. The monoisotopic (exact) mass is 373 g/mol. The molecule has 6 nitrogen and oxygen atoms in total. The van der Waals surface area contributed by atoms with Crippen molar-refractivity contribution in [2.45, 2.75) is 24.9 Å². The second-order valence-electron chi connectivity index (χ2n) is 7.56. The fraction of sp³-hybridized carbons (Fsp3) is 0.273. The summed E-state index contributed by atoms with van der Waals surface area (Å²) in [6.07, 6.45) is 2.52. The summed E-state index contributed by atoms with van der Waals surface area (Å²) >= 11 is 0. The lowest BCUT2D eigenvalue weighted by Gasteiger charge is -2.36. The molecule has 3 aliphatic rings. The summed E-state index contributed by atoms with van der Waals surface area (Å²) in [7, 11) is 0. The third kappa shape index (κ3) is 2.21. The Kier molecular flexibility index (Phi) is 3.69. The quantitative estimate of drug-likeness (QED) is 0.775. The number of anilines is 1. The highest BCUT2D eigenvalue weighted by Crippen LogP contribution is 2.52. The van der Waals surface area contributed by atoms with E-state index in [9.17, 15) is 14.4 Å². The topological polar surface area (TPSA) is 70.0 Å². The first-order valence-electron chi connectivity index (χ1n) is 9.45. The van der Waals surface area contributed by atoms with E-state index in [2.05, 4.69) is 4.99 Å². The lowest BCUT2D eigenvalue weighted by Crippen LogP contribution is -2.55. The van der Waals surface area contributed by atoms with E-state index >= 15 is 0 Å². The second kappa shape index (κ2) is 6.12. The minimum atomic E-state index is -1.06. The van der Waals surface area contributed by atoms with Gasteiger partial charge in [-0.15, -0.1) is 0 Å². The molecule has 0 radical (unpaired) electrons. The molecule has 1 saturated carbocycles. The molecule has 0 N–H and O–H groups in total. The average molecular weight is 373 g/mol. The Labute approximate surface area is 162 Å². The Balaban J connectivity index is 1.53. The molecule has 140 valence electrons. The van der Waals surface area contributed by atoms with Crippen molar-refractivity contribution in [3.63, 3.8) is 0 Å². The van der Waals surface area contributed by atoms with Gasteiger partial charge < -0.3 is 4.90 Å². The van der Waals surface area contributed by atoms with Crippen LogP contribution in [0.3, 0.4) is 0 Å². The molecule has 5 rings (SSSR count). The zero-order chi connectivity index (χ0) is 19.3. The first-order chi connectivity index (χ1) is 13.6. The predicted octanol–water partition coefficient (Wildman–Crippen LogP) is 2.40. The van der Waals surface area contributed by atoms with Gasteiger partial charge in [0.05, 0.1) is 23.9 Å². The Hall–Kier alpha value is -3.28. The van der Waals surface area contributed by atoms with Gasteiger partial charge in [0.25, 0.3) is 5.91 Å². The molecule has 1 aliphatic carbocycles. The van der Waals surface area contributed by atoms with E-state index in [0.29, 0.717) is 25.1 Å². The molecule has 6 heteroatoms. The molecular formula is C22H19N3O3. The van der Waals surface area contributed by atoms with Gasteiger partial charge in [0, 0.05) is 6.54 Å². The summed E-state index contributed by atoms with van der Waals surface area (Å²) in [5.41, 5.74) is 0.530. The summed E-state index contributed by atoms with van der Waals surface area (Å²) in [5.74, 6) is -1.99. The SMILES string of the molecule is O=C1C2CC[C@@]3(C(=O)N=CN3Cc3ccccc3)C2C(=O)N1c1ccccc1. The van der Waals surface area contributed by atoms with E-state index in [0.717, 1.165) is 5.56 Å². The average Bonchev–Trinajstić information content (AvgIpc) is 3.34. The van der Waals surface area contributed by atoms with Crippen molar-refractivity contribution in [3.8, 4) is 0 Å². The maximum atomic E-state index is 13.4. The molecule has 2 aromatic carbocycles. The third-order valence-electron chi connectivity index (χ3n) is 6.18. The number of hydrogen-bond donors (Lipinski definition) is 0. The smallest absolute Gasteiger partial charge is 0.273 e. The second-order valence-corrected chi connectivity index (χ2v) is 7.56. The van der Waals surface area contributed by atoms with Gasteiger partial charge in [-0.25, -0.2) is 9.89 Å². The predicted molar refractivity (Wildman–Crippen MR) is 103 cm³/mol. The van der Waals surface area contributed by atoms with E-state index in [-0.39, 0.29) is 17.7 Å². The number of amides is 3. The molecule has 1 saturated heterocycles. The fourth-order valence-corrected chi connectivity index (χ4v) is 4.90. The van der Waals surface area contributed by atoms with Crippen LogP contribution in [0.2, 0.25) is 0 Å². The summed E-state index contributed by atoms with van der Waals surface area (Å²) in [5, 5.41) is 0. The van der Waals surface area contributed by atoms with Gasteiger partial charge in [-0.05, 0) is 30.5 Å². The van der Waals surface area contributed by atoms with Crippen LogP contribution in [0.5, 0.6) is 0 Å². The highest BCUT2D eigenvalue weighted by molar-refractivity contribution is 6.24. The minimum Gasteiger partial charge on any atom is -0.343 e. The van der Waals surface area contributed by atoms with E-state index in [4.69, 9.17) is 0 Å². The Bertz CT molecular complexity index is 989. The number of nitrogens with zero attached hydrogens (tertiary/aromatic N) is 3. The first-order valence-corrected chi connectivity index (χ1v) is 9.45. The van der Waals surface area contributed by atoms with E-state index in [1.165, 1.54) is 4.90 Å². The summed E-state index contributed by atoms with van der Waals surface area (Å²) in [6, 6.07) is 18.7. The van der Waals surface area contributed by atoms with Gasteiger partial charge in [-0.3, -0.25) is 14.4 Å². The number of benzene rings is 2. The van der Waals surface area contributed by atoms with Crippen LogP contribution in [0.15, 0.2) is 65.7 Å².